The molecule has 0 unspecified atom stereocenters. The highest BCUT2D eigenvalue weighted by Gasteiger charge is 2.21. The third-order valence-electron chi connectivity index (χ3n) is 3.88. The van der Waals surface area contributed by atoms with Gasteiger partial charge in [-0.15, -0.1) is 12.4 Å². The highest BCUT2D eigenvalue weighted by molar-refractivity contribution is 5.85. The van der Waals surface area contributed by atoms with Gasteiger partial charge in [0.05, 0.1) is 6.54 Å². The Morgan fingerprint density at radius 1 is 1.20 bits per heavy atom. The molecule has 20 heavy (non-hydrogen) atoms. The first-order valence-corrected chi connectivity index (χ1v) is 6.87. The van der Waals surface area contributed by atoms with Crippen LogP contribution in [-0.2, 0) is 4.79 Å². The molecule has 0 aliphatic carbocycles. The van der Waals surface area contributed by atoms with Crippen LogP contribution in [-0.4, -0.2) is 50.6 Å². The summed E-state index contributed by atoms with van der Waals surface area (Å²) in [6, 6.07) is 6.43. The molecule has 1 heterocycles. The van der Waals surface area contributed by atoms with E-state index in [1.807, 2.05) is 11.9 Å². The predicted octanol–water partition coefficient (Wildman–Crippen LogP) is 1.59. The third-order valence-corrected chi connectivity index (χ3v) is 3.88. The summed E-state index contributed by atoms with van der Waals surface area (Å²) in [5.74, 6) is 0.197. The Morgan fingerprint density at radius 3 is 2.45 bits per heavy atom. The highest BCUT2D eigenvalue weighted by atomic mass is 35.5. The number of nitrogens with zero attached hydrogens (tertiary/aromatic N) is 2. The van der Waals surface area contributed by atoms with Crippen molar-refractivity contribution in [2.45, 2.75) is 13.8 Å². The van der Waals surface area contributed by atoms with Crippen LogP contribution in [0.1, 0.15) is 11.1 Å². The third kappa shape index (κ3) is 3.64. The zero-order valence-corrected chi connectivity index (χ0v) is 13.3. The van der Waals surface area contributed by atoms with Gasteiger partial charge in [0.15, 0.2) is 0 Å². The smallest absolute Gasteiger partial charge is 0.236 e. The lowest BCUT2D eigenvalue weighted by molar-refractivity contribution is -0.130. The SMILES string of the molecule is CNCC(=O)N1CCN(c2cccc(C)c2C)CC1.Cl. The Bertz CT molecular complexity index is 456. The molecule has 1 aromatic rings. The molecule has 2 rings (SSSR count). The number of carbonyl (C=O) groups is 1. The number of anilines is 1. The summed E-state index contributed by atoms with van der Waals surface area (Å²) < 4.78 is 0. The van der Waals surface area contributed by atoms with Crippen LogP contribution in [0, 0.1) is 13.8 Å². The predicted molar refractivity (Wildman–Crippen MR) is 85.9 cm³/mol. The van der Waals surface area contributed by atoms with Gasteiger partial charge in [-0.1, -0.05) is 12.1 Å². The fraction of sp³-hybridized carbons (Fsp3) is 0.533. The summed E-state index contributed by atoms with van der Waals surface area (Å²) in [6.07, 6.45) is 0. The Labute approximate surface area is 127 Å². The average Bonchev–Trinajstić information content (AvgIpc) is 2.42. The van der Waals surface area contributed by atoms with E-state index < -0.39 is 0 Å². The zero-order valence-electron chi connectivity index (χ0n) is 12.5. The lowest BCUT2D eigenvalue weighted by atomic mass is 10.1. The molecule has 4 nitrogen and oxygen atoms in total. The van der Waals surface area contributed by atoms with Crippen molar-refractivity contribution in [1.82, 2.24) is 10.2 Å². The molecule has 5 heteroatoms. The Hall–Kier alpha value is -1.26. The van der Waals surface area contributed by atoms with Crippen molar-refractivity contribution in [1.29, 1.82) is 0 Å². The lowest BCUT2D eigenvalue weighted by Crippen LogP contribution is -2.50. The van der Waals surface area contributed by atoms with E-state index in [1.165, 1.54) is 16.8 Å². The number of aryl methyl sites for hydroxylation is 1. The van der Waals surface area contributed by atoms with Gasteiger partial charge < -0.3 is 15.1 Å². The maximum Gasteiger partial charge on any atom is 0.236 e. The minimum absolute atomic E-state index is 0. The molecule has 1 N–H and O–H groups in total. The summed E-state index contributed by atoms with van der Waals surface area (Å²) >= 11 is 0. The van der Waals surface area contributed by atoms with Crippen LogP contribution >= 0.6 is 12.4 Å². The largest absolute Gasteiger partial charge is 0.368 e. The number of benzene rings is 1. The maximum atomic E-state index is 11.8. The van der Waals surface area contributed by atoms with E-state index in [9.17, 15) is 4.79 Å². The summed E-state index contributed by atoms with van der Waals surface area (Å²) in [5.41, 5.74) is 3.98. The first kappa shape index (κ1) is 16.8. The molecule has 1 amide bonds. The van der Waals surface area contributed by atoms with Crippen LogP contribution in [0.3, 0.4) is 0 Å². The number of rotatable bonds is 3. The summed E-state index contributed by atoms with van der Waals surface area (Å²) in [7, 11) is 1.81. The number of likely N-dealkylation sites (N-methyl/N-ethyl adjacent to an activating group) is 1. The van der Waals surface area contributed by atoms with Crippen molar-refractivity contribution in [2.75, 3.05) is 44.7 Å². The van der Waals surface area contributed by atoms with Crippen molar-refractivity contribution >= 4 is 24.0 Å². The summed E-state index contributed by atoms with van der Waals surface area (Å²) in [5, 5.41) is 2.92. The van der Waals surface area contributed by atoms with E-state index in [1.54, 1.807) is 0 Å². The number of carbonyl (C=O) groups excluding carboxylic acids is 1. The minimum atomic E-state index is 0. The quantitative estimate of drug-likeness (QED) is 0.920. The second-order valence-corrected chi connectivity index (χ2v) is 5.12. The molecule has 1 aliphatic rings. The second kappa shape index (κ2) is 7.50. The molecule has 0 atom stereocenters. The molecular formula is C15H24ClN3O. The van der Waals surface area contributed by atoms with E-state index in [-0.39, 0.29) is 18.3 Å². The van der Waals surface area contributed by atoms with Gasteiger partial charge in [-0.2, -0.15) is 0 Å². The Kier molecular flexibility index (Phi) is 6.30. The first-order valence-electron chi connectivity index (χ1n) is 6.87. The number of piperazine rings is 1. The molecular weight excluding hydrogens is 274 g/mol. The molecule has 1 fully saturated rings. The van der Waals surface area contributed by atoms with E-state index in [0.29, 0.717) is 6.54 Å². The van der Waals surface area contributed by atoms with E-state index in [0.717, 1.165) is 26.2 Å². The summed E-state index contributed by atoms with van der Waals surface area (Å²) in [6.45, 7) is 8.21. The highest BCUT2D eigenvalue weighted by Crippen LogP contribution is 2.23. The molecule has 0 bridgehead atoms. The molecule has 0 spiro atoms. The van der Waals surface area contributed by atoms with Gasteiger partial charge in [0.1, 0.15) is 0 Å². The molecule has 0 aromatic heterocycles. The van der Waals surface area contributed by atoms with Crippen molar-refractivity contribution in [3.63, 3.8) is 0 Å². The zero-order chi connectivity index (χ0) is 13.8. The van der Waals surface area contributed by atoms with Crippen molar-refractivity contribution < 1.29 is 4.79 Å². The number of halogens is 1. The van der Waals surface area contributed by atoms with Gasteiger partial charge in [0, 0.05) is 31.9 Å². The van der Waals surface area contributed by atoms with E-state index in [4.69, 9.17) is 0 Å². The molecule has 112 valence electrons. The van der Waals surface area contributed by atoms with Crippen LogP contribution in [0.15, 0.2) is 18.2 Å². The van der Waals surface area contributed by atoms with Crippen molar-refractivity contribution in [3.8, 4) is 0 Å². The van der Waals surface area contributed by atoms with Gasteiger partial charge in [0.25, 0.3) is 0 Å². The van der Waals surface area contributed by atoms with Crippen LogP contribution in [0.25, 0.3) is 0 Å². The van der Waals surface area contributed by atoms with Crippen molar-refractivity contribution in [3.05, 3.63) is 29.3 Å². The normalized spacial score (nSPS) is 14.9. The average molecular weight is 298 g/mol. The van der Waals surface area contributed by atoms with Crippen LogP contribution in [0.5, 0.6) is 0 Å². The maximum absolute atomic E-state index is 11.8. The molecule has 1 aromatic carbocycles. The monoisotopic (exact) mass is 297 g/mol. The van der Waals surface area contributed by atoms with Gasteiger partial charge in [-0.3, -0.25) is 4.79 Å². The van der Waals surface area contributed by atoms with E-state index >= 15 is 0 Å². The van der Waals surface area contributed by atoms with Crippen LogP contribution in [0.2, 0.25) is 0 Å². The second-order valence-electron chi connectivity index (χ2n) is 5.12. The number of nitrogens with one attached hydrogen (secondary N) is 1. The first-order chi connectivity index (χ1) is 9.13. The van der Waals surface area contributed by atoms with Gasteiger partial charge in [-0.25, -0.2) is 0 Å². The number of hydrogen-bond acceptors (Lipinski definition) is 3. The molecule has 1 aliphatic heterocycles. The molecule has 1 saturated heterocycles. The number of amides is 1. The Morgan fingerprint density at radius 2 is 1.85 bits per heavy atom. The summed E-state index contributed by atoms with van der Waals surface area (Å²) in [4.78, 5) is 16.1. The van der Waals surface area contributed by atoms with Crippen LogP contribution in [0.4, 0.5) is 5.69 Å². The standard InChI is InChI=1S/C15H23N3O.ClH/c1-12-5-4-6-14(13(12)2)17-7-9-18(10-8-17)15(19)11-16-3;/h4-6,16H,7-11H2,1-3H3;1H. The number of hydrogen-bond donors (Lipinski definition) is 1. The Balaban J connectivity index is 0.00000200. The molecule has 0 saturated carbocycles. The topological polar surface area (TPSA) is 35.6 Å². The van der Waals surface area contributed by atoms with Gasteiger partial charge in [-0.05, 0) is 38.1 Å². The fourth-order valence-electron chi connectivity index (χ4n) is 2.54. The van der Waals surface area contributed by atoms with Gasteiger partial charge in [0.2, 0.25) is 5.91 Å². The van der Waals surface area contributed by atoms with Crippen molar-refractivity contribution in [2.24, 2.45) is 0 Å². The van der Waals surface area contributed by atoms with Gasteiger partial charge >= 0.3 is 0 Å². The van der Waals surface area contributed by atoms with Crippen LogP contribution < -0.4 is 10.2 Å². The minimum Gasteiger partial charge on any atom is -0.368 e. The fourth-order valence-corrected chi connectivity index (χ4v) is 2.54. The van der Waals surface area contributed by atoms with E-state index in [2.05, 4.69) is 42.3 Å². The molecule has 0 radical (unpaired) electrons. The lowest BCUT2D eigenvalue weighted by Gasteiger charge is -2.37.